The molecular formula is C33H34ClN5O4S2. The molecule has 5 aromatic rings. The minimum Gasteiger partial charge on any atom is -0.494 e. The highest BCUT2D eigenvalue weighted by Crippen LogP contribution is 2.43. The molecule has 0 fully saturated rings. The largest absolute Gasteiger partial charge is 0.494 e. The summed E-state index contributed by atoms with van der Waals surface area (Å²) in [6.45, 7) is 4.20. The molecule has 0 radical (unpaired) electrons. The van der Waals surface area contributed by atoms with Crippen LogP contribution in [0.15, 0.2) is 41.3 Å². The molecule has 2 aromatic carbocycles. The maximum Gasteiger partial charge on any atom is 0.352 e. The van der Waals surface area contributed by atoms with Crippen LogP contribution in [0.25, 0.3) is 22.0 Å². The second-order valence-corrected chi connectivity index (χ2v) is 14.0. The fourth-order valence-corrected chi connectivity index (χ4v) is 8.61. The molecule has 1 N–H and O–H groups in total. The van der Waals surface area contributed by atoms with Crippen LogP contribution in [-0.4, -0.2) is 48.4 Å². The minimum atomic E-state index is -0.965. The zero-order chi connectivity index (χ0) is 31.2. The summed E-state index contributed by atoms with van der Waals surface area (Å²) in [5.74, 6) is 2.03. The summed E-state index contributed by atoms with van der Waals surface area (Å²) in [6, 6.07) is 12.3. The molecule has 0 spiro atoms. The highest BCUT2D eigenvalue weighted by Gasteiger charge is 2.29. The van der Waals surface area contributed by atoms with E-state index in [0.717, 1.165) is 78.1 Å². The van der Waals surface area contributed by atoms with Gasteiger partial charge < -0.3 is 19.1 Å². The molecule has 2 aliphatic heterocycles. The van der Waals surface area contributed by atoms with Crippen LogP contribution in [-0.2, 0) is 55.7 Å². The quantitative estimate of drug-likeness (QED) is 0.205. The molecule has 45 heavy (non-hydrogen) atoms. The van der Waals surface area contributed by atoms with Crippen LogP contribution < -0.4 is 4.74 Å². The number of aromatic nitrogens is 5. The van der Waals surface area contributed by atoms with Crippen LogP contribution in [0.3, 0.4) is 0 Å². The third kappa shape index (κ3) is 5.75. The van der Waals surface area contributed by atoms with Crippen LogP contribution in [0.5, 0.6) is 5.75 Å². The van der Waals surface area contributed by atoms with Gasteiger partial charge in [0.25, 0.3) is 0 Å². The van der Waals surface area contributed by atoms with Crippen LogP contribution in [0.2, 0.25) is 5.02 Å². The fraction of sp³-hybridized carbons (Fsp3) is 0.364. The van der Waals surface area contributed by atoms with Gasteiger partial charge in [-0.3, -0.25) is 9.36 Å². The van der Waals surface area contributed by atoms with Crippen molar-refractivity contribution in [2.24, 2.45) is 14.1 Å². The Balaban J connectivity index is 1.36. The first kappa shape index (κ1) is 30.3. The number of thioether (sulfide) groups is 2. The number of benzene rings is 2. The Kier molecular flexibility index (Phi) is 8.37. The lowest BCUT2D eigenvalue weighted by Gasteiger charge is -2.17. The van der Waals surface area contributed by atoms with Crippen molar-refractivity contribution >= 4 is 52.0 Å². The van der Waals surface area contributed by atoms with Crippen molar-refractivity contribution in [3.63, 3.8) is 0 Å². The molecule has 5 heterocycles. The Labute approximate surface area is 274 Å². The lowest BCUT2D eigenvalue weighted by Crippen LogP contribution is -2.17. The van der Waals surface area contributed by atoms with Crippen LogP contribution in [0.1, 0.15) is 50.8 Å². The third-order valence-corrected chi connectivity index (χ3v) is 10.7. The molecule has 3 aromatic heterocycles. The first-order valence-electron chi connectivity index (χ1n) is 14.9. The van der Waals surface area contributed by atoms with Crippen LogP contribution >= 0.6 is 35.1 Å². The summed E-state index contributed by atoms with van der Waals surface area (Å²) in [4.78, 5) is 13.8. The number of carboxylic acids is 1. The van der Waals surface area contributed by atoms with Crippen molar-refractivity contribution in [2.75, 3.05) is 13.2 Å². The number of carbonyl (C=O) groups is 1. The van der Waals surface area contributed by atoms with Crippen molar-refractivity contribution in [1.82, 2.24) is 24.1 Å². The van der Waals surface area contributed by atoms with Gasteiger partial charge in [-0.2, -0.15) is 10.2 Å². The number of fused-ring (bicyclic) bond motifs is 8. The number of halogens is 1. The molecule has 7 rings (SSSR count). The minimum absolute atomic E-state index is 0.268. The topological polar surface area (TPSA) is 96.3 Å². The van der Waals surface area contributed by atoms with E-state index in [1.54, 1.807) is 28.1 Å². The molecule has 0 atom stereocenters. The van der Waals surface area contributed by atoms with Gasteiger partial charge in [-0.05, 0) is 61.2 Å². The molecule has 12 heteroatoms. The average molecular weight is 664 g/mol. The maximum atomic E-state index is 12.7. The molecule has 0 unspecified atom stereocenters. The SMILES string of the molecule is Cc1cc2cc(c1)SCc1cc(nn1C)CSCc1nn3c(c1-c1c(Cl)ccc4c(c(C(=O)O)n(C)c14)CCCO2)COCC3. The summed E-state index contributed by atoms with van der Waals surface area (Å²) < 4.78 is 17.9. The fourth-order valence-electron chi connectivity index (χ4n) is 6.46. The summed E-state index contributed by atoms with van der Waals surface area (Å²) in [5, 5.41) is 21.7. The number of aryl methyl sites for hydroxylation is 4. The molecule has 9 nitrogen and oxygen atoms in total. The normalized spacial score (nSPS) is 15.7. The van der Waals surface area contributed by atoms with Gasteiger partial charge in [-0.25, -0.2) is 4.79 Å². The predicted octanol–water partition coefficient (Wildman–Crippen LogP) is 7.02. The molecule has 0 saturated carbocycles. The Morgan fingerprint density at radius 3 is 2.76 bits per heavy atom. The Hall–Kier alpha value is -3.38. The number of carboxylic acid groups (broad SMARTS) is 1. The summed E-state index contributed by atoms with van der Waals surface area (Å²) in [6.07, 6.45) is 1.21. The molecule has 2 aliphatic rings. The lowest BCUT2D eigenvalue weighted by atomic mass is 9.98. The van der Waals surface area contributed by atoms with Crippen molar-refractivity contribution in [3.05, 3.63) is 81.0 Å². The smallest absolute Gasteiger partial charge is 0.352 e. The maximum absolute atomic E-state index is 12.7. The molecule has 8 bridgehead atoms. The van der Waals surface area contributed by atoms with Gasteiger partial charge in [0.15, 0.2) is 0 Å². The highest BCUT2D eigenvalue weighted by molar-refractivity contribution is 7.98. The molecular weight excluding hydrogens is 630 g/mol. The molecule has 0 aliphatic carbocycles. The molecule has 0 amide bonds. The van der Waals surface area contributed by atoms with Gasteiger partial charge in [0.05, 0.1) is 54.0 Å². The summed E-state index contributed by atoms with van der Waals surface area (Å²) in [5.41, 5.74) is 8.77. The van der Waals surface area contributed by atoms with E-state index in [9.17, 15) is 9.90 Å². The first-order valence-corrected chi connectivity index (χ1v) is 17.5. The van der Waals surface area contributed by atoms with Crippen molar-refractivity contribution in [3.8, 4) is 16.9 Å². The number of rotatable bonds is 1. The lowest BCUT2D eigenvalue weighted by molar-refractivity contribution is 0.0685. The third-order valence-electron chi connectivity index (χ3n) is 8.44. The van der Waals surface area contributed by atoms with E-state index in [-0.39, 0.29) is 5.69 Å². The second kappa shape index (κ2) is 12.4. The van der Waals surface area contributed by atoms with Gasteiger partial charge in [0.1, 0.15) is 11.4 Å². The van der Waals surface area contributed by atoms with Crippen molar-refractivity contribution in [2.45, 2.75) is 55.1 Å². The van der Waals surface area contributed by atoms with Gasteiger partial charge in [0.2, 0.25) is 0 Å². The molecule has 0 saturated heterocycles. The Morgan fingerprint density at radius 1 is 1.04 bits per heavy atom. The summed E-state index contributed by atoms with van der Waals surface area (Å²) >= 11 is 10.5. The van der Waals surface area contributed by atoms with Crippen molar-refractivity contribution in [1.29, 1.82) is 0 Å². The Bertz CT molecular complexity index is 1950. The number of hydrogen-bond donors (Lipinski definition) is 1. The molecule has 234 valence electrons. The van der Waals surface area contributed by atoms with Crippen LogP contribution in [0, 0.1) is 6.92 Å². The van der Waals surface area contributed by atoms with Gasteiger partial charge in [-0.15, -0.1) is 23.5 Å². The zero-order valence-corrected chi connectivity index (χ0v) is 27.8. The standard InChI is InChI=1S/C33H34ClN5O4S2/c1-19-11-22-14-23(12-19)45-17-21-13-20(35-38(21)3)16-44-18-27-30(28-15-42-10-8-39(28)36-27)29-26(34)7-6-25-24(5-4-9-43-22)32(33(40)41)37(2)31(25)29/h6-7,11-14H,4-5,8-10,15-18H2,1-3H3,(H,40,41). The second-order valence-electron chi connectivity index (χ2n) is 11.5. The van der Waals surface area contributed by atoms with E-state index in [2.05, 4.69) is 25.1 Å². The van der Waals surface area contributed by atoms with E-state index in [1.807, 2.05) is 41.7 Å². The van der Waals surface area contributed by atoms with Gasteiger partial charge in [0, 0.05) is 58.5 Å². The monoisotopic (exact) mass is 663 g/mol. The van der Waals surface area contributed by atoms with Crippen molar-refractivity contribution < 1.29 is 19.4 Å². The van der Waals surface area contributed by atoms with E-state index < -0.39 is 5.97 Å². The van der Waals surface area contributed by atoms with E-state index in [0.29, 0.717) is 50.0 Å². The Morgan fingerprint density at radius 2 is 1.91 bits per heavy atom. The van der Waals surface area contributed by atoms with Gasteiger partial charge in [-0.1, -0.05) is 17.7 Å². The number of aromatic carboxylic acids is 1. The highest BCUT2D eigenvalue weighted by atomic mass is 35.5. The predicted molar refractivity (Wildman–Crippen MR) is 179 cm³/mol. The zero-order valence-electron chi connectivity index (χ0n) is 25.4. The van der Waals surface area contributed by atoms with E-state index >= 15 is 0 Å². The number of hydrogen-bond acceptors (Lipinski definition) is 7. The van der Waals surface area contributed by atoms with Gasteiger partial charge >= 0.3 is 5.97 Å². The summed E-state index contributed by atoms with van der Waals surface area (Å²) in [7, 11) is 3.81. The first-order chi connectivity index (χ1) is 21.8. The number of nitrogens with zero attached hydrogens (tertiary/aromatic N) is 5. The van der Waals surface area contributed by atoms with E-state index in [4.69, 9.17) is 31.3 Å². The number of ether oxygens (including phenoxy) is 2. The van der Waals surface area contributed by atoms with Crippen LogP contribution in [0.4, 0.5) is 0 Å². The average Bonchev–Trinajstić information content (AvgIpc) is 3.64. The van der Waals surface area contributed by atoms with E-state index in [1.165, 1.54) is 0 Å².